The molecule has 0 aliphatic heterocycles. The third kappa shape index (κ3) is 24.1. The zero-order valence-electron chi connectivity index (χ0n) is 7.03. The van der Waals surface area contributed by atoms with Gasteiger partial charge in [0.1, 0.15) is 6.29 Å². The van der Waals surface area contributed by atoms with Crippen molar-refractivity contribution in [2.75, 3.05) is 19.4 Å². The summed E-state index contributed by atoms with van der Waals surface area (Å²) in [5.74, 6) is -2.70. The first-order chi connectivity index (χ1) is 6.20. The van der Waals surface area contributed by atoms with Gasteiger partial charge in [-0.3, -0.25) is 19.1 Å². The number of nitrogens with zero attached hydrogens (tertiary/aromatic N) is 1. The monoisotopic (exact) mass is 323 g/mol. The average molecular weight is 323 g/mol. The van der Waals surface area contributed by atoms with Gasteiger partial charge in [0.05, 0.1) is 13.1 Å². The van der Waals surface area contributed by atoms with Crippen LogP contribution in [0.3, 0.4) is 0 Å². The molecule has 13 heteroatoms. The van der Waals surface area contributed by atoms with E-state index in [1.165, 1.54) is 0 Å². The second kappa shape index (κ2) is 16.4. The summed E-state index contributed by atoms with van der Waals surface area (Å²) in [4.78, 5) is 38.0. The van der Waals surface area contributed by atoms with Crippen molar-refractivity contribution in [1.82, 2.24) is 4.90 Å². The normalized spacial score (nSPS) is 9.06. The van der Waals surface area contributed by atoms with Gasteiger partial charge in [0.15, 0.2) is 0 Å². The van der Waals surface area contributed by atoms with Crippen LogP contribution in [-0.4, -0.2) is 174 Å². The van der Waals surface area contributed by atoms with Crippen molar-refractivity contribution in [1.29, 1.82) is 0 Å². The molecular weight excluding hydrogens is 309 g/mol. The van der Waals surface area contributed by atoms with Gasteiger partial charge >= 0.3 is 138 Å². The van der Waals surface area contributed by atoms with Crippen molar-refractivity contribution in [3.63, 3.8) is 0 Å². The maximum atomic E-state index is 10.5. The maximum absolute atomic E-state index is 10.5. The molecule has 90 valence electrons. The van der Waals surface area contributed by atoms with Crippen LogP contribution in [-0.2, 0) is 14.2 Å². The number of carboxylic acid groups (broad SMARTS) is 2. The Morgan fingerprint density at radius 2 is 1.17 bits per heavy atom. The van der Waals surface area contributed by atoms with E-state index in [2.05, 4.69) is 0 Å². The molecule has 0 aromatic heterocycles. The van der Waals surface area contributed by atoms with E-state index in [-0.39, 0.29) is 118 Å². The summed E-state index contributed by atoms with van der Waals surface area (Å²) < 4.78 is 10.5. The molecule has 0 bridgehead atoms. The Hall–Kier alpha value is 3.05. The van der Waals surface area contributed by atoms with Gasteiger partial charge in [-0.05, 0) is 0 Å². The SMILES string of the molecule is O=C(O)CN(CC(=O)O)CP(=O)(O)O.[NaH].[NaH].[NaH].[NaH]. The first-order valence-electron chi connectivity index (χ1n) is 3.41. The molecule has 0 aromatic carbocycles. The van der Waals surface area contributed by atoms with E-state index < -0.39 is 38.9 Å². The van der Waals surface area contributed by atoms with Crippen LogP contribution in [0.4, 0.5) is 0 Å². The van der Waals surface area contributed by atoms with E-state index in [1.54, 1.807) is 0 Å². The van der Waals surface area contributed by atoms with Crippen molar-refractivity contribution in [2.45, 2.75) is 0 Å². The van der Waals surface area contributed by atoms with Crippen LogP contribution >= 0.6 is 7.60 Å². The molecule has 0 saturated heterocycles. The molecule has 0 saturated carbocycles. The van der Waals surface area contributed by atoms with Gasteiger partial charge in [0, 0.05) is 0 Å². The van der Waals surface area contributed by atoms with Gasteiger partial charge in [-0.2, -0.15) is 0 Å². The topological polar surface area (TPSA) is 135 Å². The standard InChI is InChI=1S/C5H10NO7P.4Na.4H/c7-4(8)1-6(2-5(9)10)3-14(11,12)13;;;;;;;;/h1-3H2,(H,7,8)(H,9,10)(H2,11,12,13);;;;;;;;. The van der Waals surface area contributed by atoms with Gasteiger partial charge in [-0.1, -0.05) is 0 Å². The summed E-state index contributed by atoms with van der Waals surface area (Å²) in [5, 5.41) is 16.6. The fourth-order valence-corrected chi connectivity index (χ4v) is 1.52. The number of rotatable bonds is 6. The Bertz CT molecular complexity index is 269. The fourth-order valence-electron chi connectivity index (χ4n) is 0.799. The predicted octanol–water partition coefficient (Wildman–Crippen LogP) is -4.00. The van der Waals surface area contributed by atoms with Gasteiger partial charge in [0.25, 0.3) is 0 Å². The van der Waals surface area contributed by atoms with Crippen LogP contribution in [0.5, 0.6) is 0 Å². The quantitative estimate of drug-likeness (QED) is 0.287. The molecule has 8 nitrogen and oxygen atoms in total. The third-order valence-electron chi connectivity index (χ3n) is 1.10. The van der Waals surface area contributed by atoms with Gasteiger partial charge < -0.3 is 20.0 Å². The van der Waals surface area contributed by atoms with Crippen molar-refractivity contribution in [3.05, 3.63) is 0 Å². The molecular formula is C5H14NNa4O7P. The molecule has 0 unspecified atom stereocenters. The molecule has 0 aliphatic rings. The molecule has 4 N–H and O–H groups in total. The predicted molar refractivity (Wildman–Crippen MR) is 72.4 cm³/mol. The van der Waals surface area contributed by atoms with Crippen molar-refractivity contribution < 1.29 is 34.2 Å². The molecule has 0 amide bonds. The first-order valence-corrected chi connectivity index (χ1v) is 5.21. The first kappa shape index (κ1) is 32.8. The minimum absolute atomic E-state index is 0. The van der Waals surface area contributed by atoms with E-state index in [4.69, 9.17) is 20.0 Å². The summed E-state index contributed by atoms with van der Waals surface area (Å²) in [6.45, 7) is -1.45. The van der Waals surface area contributed by atoms with E-state index in [1.807, 2.05) is 0 Å². The summed E-state index contributed by atoms with van der Waals surface area (Å²) in [6.07, 6.45) is -0.883. The molecule has 0 aromatic rings. The van der Waals surface area contributed by atoms with Crippen LogP contribution in [0.2, 0.25) is 0 Å². The summed E-state index contributed by atoms with van der Waals surface area (Å²) in [5.41, 5.74) is 0. The third-order valence-corrected chi connectivity index (χ3v) is 1.87. The molecule has 0 spiro atoms. The Labute approximate surface area is 193 Å². The second-order valence-electron chi connectivity index (χ2n) is 2.58. The van der Waals surface area contributed by atoms with E-state index in [0.717, 1.165) is 0 Å². The van der Waals surface area contributed by atoms with Gasteiger partial charge in [-0.15, -0.1) is 0 Å². The van der Waals surface area contributed by atoms with Crippen LogP contribution in [0.1, 0.15) is 0 Å². The zero-order chi connectivity index (χ0) is 11.4. The Kier molecular flexibility index (Phi) is 30.0. The molecule has 0 atom stereocenters. The average Bonchev–Trinajstić information content (AvgIpc) is 1.77. The van der Waals surface area contributed by atoms with E-state index in [9.17, 15) is 14.2 Å². The molecule has 0 aliphatic carbocycles. The van der Waals surface area contributed by atoms with Crippen molar-refractivity contribution in [2.24, 2.45) is 0 Å². The summed E-state index contributed by atoms with van der Waals surface area (Å²) in [7, 11) is -4.44. The van der Waals surface area contributed by atoms with E-state index in [0.29, 0.717) is 4.90 Å². The summed E-state index contributed by atoms with van der Waals surface area (Å²) >= 11 is 0. The molecule has 0 rings (SSSR count). The molecule has 0 heterocycles. The summed E-state index contributed by atoms with van der Waals surface area (Å²) in [6, 6.07) is 0. The number of carboxylic acids is 2. The van der Waals surface area contributed by atoms with Crippen molar-refractivity contribution in [3.8, 4) is 0 Å². The van der Waals surface area contributed by atoms with Crippen molar-refractivity contribution >= 4 is 138 Å². The number of hydrogen-bond acceptors (Lipinski definition) is 4. The van der Waals surface area contributed by atoms with Gasteiger partial charge in [0.2, 0.25) is 0 Å². The fraction of sp³-hybridized carbons (Fsp3) is 0.600. The Balaban J connectivity index is -0.000000141. The number of carbonyl (C=O) groups is 2. The minimum atomic E-state index is -4.44. The van der Waals surface area contributed by atoms with Gasteiger partial charge in [-0.25, -0.2) is 0 Å². The molecule has 18 heavy (non-hydrogen) atoms. The van der Waals surface area contributed by atoms with Crippen LogP contribution in [0.15, 0.2) is 0 Å². The van der Waals surface area contributed by atoms with Crippen LogP contribution < -0.4 is 0 Å². The number of hydrogen-bond donors (Lipinski definition) is 4. The molecule has 0 fully saturated rings. The Morgan fingerprint density at radius 1 is 0.889 bits per heavy atom. The van der Waals surface area contributed by atoms with Crippen LogP contribution in [0, 0.1) is 0 Å². The molecule has 0 radical (unpaired) electrons. The van der Waals surface area contributed by atoms with Crippen LogP contribution in [0.25, 0.3) is 0 Å². The second-order valence-corrected chi connectivity index (χ2v) is 4.19. The van der Waals surface area contributed by atoms with E-state index >= 15 is 0 Å². The Morgan fingerprint density at radius 3 is 1.33 bits per heavy atom. The number of aliphatic carboxylic acids is 2. The zero-order valence-corrected chi connectivity index (χ0v) is 7.92.